The number of piperidine rings is 1. The van der Waals surface area contributed by atoms with Gasteiger partial charge in [0.1, 0.15) is 30.1 Å². The van der Waals surface area contributed by atoms with E-state index in [2.05, 4.69) is 20.2 Å². The average molecular weight is 318 g/mol. The number of anilines is 1. The average Bonchev–Trinajstić information content (AvgIpc) is 2.95. The van der Waals surface area contributed by atoms with Crippen molar-refractivity contribution in [3.8, 4) is 0 Å². The molecule has 0 radical (unpaired) electrons. The van der Waals surface area contributed by atoms with Crippen molar-refractivity contribution in [2.75, 3.05) is 18.0 Å². The fraction of sp³-hybridized carbons (Fsp3) is 0.500. The third kappa shape index (κ3) is 2.87. The molecule has 1 fully saturated rings. The summed E-state index contributed by atoms with van der Waals surface area (Å²) in [4.78, 5) is 21.1. The lowest BCUT2D eigenvalue weighted by molar-refractivity contribution is 0.0696. The van der Waals surface area contributed by atoms with Gasteiger partial charge in [0.2, 0.25) is 0 Å². The van der Waals surface area contributed by atoms with Crippen LogP contribution in [-0.4, -0.2) is 54.0 Å². The van der Waals surface area contributed by atoms with Crippen molar-refractivity contribution in [2.24, 2.45) is 7.05 Å². The molecule has 1 aliphatic rings. The molecule has 0 amide bonds. The summed E-state index contributed by atoms with van der Waals surface area (Å²) in [5.41, 5.74) is 0.118. The van der Waals surface area contributed by atoms with Gasteiger partial charge in [-0.15, -0.1) is 10.2 Å². The molecule has 0 spiro atoms. The maximum Gasteiger partial charge on any atom is 0.341 e. The van der Waals surface area contributed by atoms with E-state index in [9.17, 15) is 15.0 Å². The molecule has 0 saturated carbocycles. The van der Waals surface area contributed by atoms with Crippen LogP contribution in [0.1, 0.15) is 40.8 Å². The minimum absolute atomic E-state index is 0.118. The van der Waals surface area contributed by atoms with E-state index in [-0.39, 0.29) is 18.1 Å². The Kier molecular flexibility index (Phi) is 4.20. The molecular weight excluding hydrogens is 300 g/mol. The van der Waals surface area contributed by atoms with E-state index < -0.39 is 5.97 Å². The highest BCUT2D eigenvalue weighted by atomic mass is 16.4. The van der Waals surface area contributed by atoms with E-state index in [0.29, 0.717) is 24.7 Å². The first-order valence-electron chi connectivity index (χ1n) is 7.39. The van der Waals surface area contributed by atoms with E-state index in [1.165, 1.54) is 12.5 Å². The number of hydrogen-bond donors (Lipinski definition) is 2. The lowest BCUT2D eigenvalue weighted by Crippen LogP contribution is -2.35. The van der Waals surface area contributed by atoms with E-state index in [4.69, 9.17) is 0 Å². The van der Waals surface area contributed by atoms with Crippen LogP contribution in [-0.2, 0) is 13.7 Å². The molecular formula is C14H18N6O3. The van der Waals surface area contributed by atoms with Crippen LogP contribution < -0.4 is 4.90 Å². The molecule has 2 N–H and O–H groups in total. The second-order valence-corrected chi connectivity index (χ2v) is 5.52. The molecule has 1 saturated heterocycles. The predicted molar refractivity (Wildman–Crippen MR) is 80.1 cm³/mol. The van der Waals surface area contributed by atoms with Crippen LogP contribution in [0.3, 0.4) is 0 Å². The van der Waals surface area contributed by atoms with Crippen LogP contribution in [0.2, 0.25) is 0 Å². The lowest BCUT2D eigenvalue weighted by Gasteiger charge is -2.32. The van der Waals surface area contributed by atoms with Gasteiger partial charge in [-0.1, -0.05) is 0 Å². The Morgan fingerprint density at radius 1 is 1.35 bits per heavy atom. The molecule has 3 heterocycles. The standard InChI is InChI=1S/C14H18N6O3/c1-19-11(7-21)17-18-12(19)9-2-4-20(5-3-9)13-10(14(22)23)6-15-8-16-13/h6,8-9,21H,2-5,7H2,1H3,(H,22,23). The zero-order valence-electron chi connectivity index (χ0n) is 12.8. The Balaban J connectivity index is 1.74. The van der Waals surface area contributed by atoms with Crippen molar-refractivity contribution < 1.29 is 15.0 Å². The molecule has 2 aromatic rings. The number of carboxylic acids is 1. The first-order valence-corrected chi connectivity index (χ1v) is 7.39. The van der Waals surface area contributed by atoms with Gasteiger partial charge in [0.05, 0.1) is 0 Å². The number of nitrogens with zero attached hydrogens (tertiary/aromatic N) is 6. The summed E-state index contributed by atoms with van der Waals surface area (Å²) < 4.78 is 1.83. The normalized spacial score (nSPS) is 15.8. The zero-order valence-corrected chi connectivity index (χ0v) is 12.8. The number of aromatic carboxylic acids is 1. The fourth-order valence-corrected chi connectivity index (χ4v) is 2.94. The number of hydrogen-bond acceptors (Lipinski definition) is 7. The van der Waals surface area contributed by atoms with Gasteiger partial charge in [0.25, 0.3) is 0 Å². The topological polar surface area (TPSA) is 117 Å². The second-order valence-electron chi connectivity index (χ2n) is 5.52. The zero-order chi connectivity index (χ0) is 16.4. The van der Waals surface area contributed by atoms with E-state index >= 15 is 0 Å². The monoisotopic (exact) mass is 318 g/mol. The lowest BCUT2D eigenvalue weighted by atomic mass is 9.95. The highest BCUT2D eigenvalue weighted by Crippen LogP contribution is 2.29. The number of aromatic nitrogens is 5. The first-order chi connectivity index (χ1) is 11.1. The molecule has 2 aromatic heterocycles. The third-order valence-corrected chi connectivity index (χ3v) is 4.22. The summed E-state index contributed by atoms with van der Waals surface area (Å²) in [7, 11) is 1.85. The van der Waals surface area contributed by atoms with Crippen LogP contribution in [0, 0.1) is 0 Å². The van der Waals surface area contributed by atoms with Gasteiger partial charge in [-0.25, -0.2) is 14.8 Å². The Bertz CT molecular complexity index is 708. The van der Waals surface area contributed by atoms with Gasteiger partial charge in [-0.2, -0.15) is 0 Å². The van der Waals surface area contributed by atoms with Crippen LogP contribution in [0.25, 0.3) is 0 Å². The van der Waals surface area contributed by atoms with Gasteiger partial charge >= 0.3 is 5.97 Å². The van der Waals surface area contributed by atoms with Crippen molar-refractivity contribution >= 4 is 11.8 Å². The van der Waals surface area contributed by atoms with Gasteiger partial charge in [-0.3, -0.25) is 0 Å². The third-order valence-electron chi connectivity index (χ3n) is 4.22. The molecule has 9 nitrogen and oxygen atoms in total. The largest absolute Gasteiger partial charge is 0.477 e. The molecule has 23 heavy (non-hydrogen) atoms. The fourth-order valence-electron chi connectivity index (χ4n) is 2.94. The maximum absolute atomic E-state index is 11.3. The van der Waals surface area contributed by atoms with E-state index in [1.807, 2.05) is 16.5 Å². The maximum atomic E-state index is 11.3. The minimum Gasteiger partial charge on any atom is -0.477 e. The molecule has 0 unspecified atom stereocenters. The molecule has 9 heteroatoms. The summed E-state index contributed by atoms with van der Waals surface area (Å²) in [5.74, 6) is 1.07. The Hall–Kier alpha value is -2.55. The van der Waals surface area contributed by atoms with Crippen LogP contribution in [0.15, 0.2) is 12.5 Å². The van der Waals surface area contributed by atoms with Crippen molar-refractivity contribution in [1.82, 2.24) is 24.7 Å². The summed E-state index contributed by atoms with van der Waals surface area (Å²) in [6.45, 7) is 1.23. The minimum atomic E-state index is -1.02. The number of aliphatic hydroxyl groups excluding tert-OH is 1. The van der Waals surface area contributed by atoms with Gasteiger partial charge in [0, 0.05) is 32.3 Å². The quantitative estimate of drug-likeness (QED) is 0.820. The van der Waals surface area contributed by atoms with Crippen molar-refractivity contribution in [3.05, 3.63) is 29.7 Å². The SMILES string of the molecule is Cn1c(CO)nnc1C1CCN(c2ncncc2C(=O)O)CC1. The van der Waals surface area contributed by atoms with E-state index in [0.717, 1.165) is 18.7 Å². The smallest absolute Gasteiger partial charge is 0.341 e. The molecule has 0 aromatic carbocycles. The van der Waals surface area contributed by atoms with Gasteiger partial charge in [0.15, 0.2) is 5.82 Å². The number of carbonyl (C=O) groups is 1. The van der Waals surface area contributed by atoms with Crippen molar-refractivity contribution in [1.29, 1.82) is 0 Å². The summed E-state index contributed by atoms with van der Waals surface area (Å²) >= 11 is 0. The van der Waals surface area contributed by atoms with Crippen LogP contribution in [0.4, 0.5) is 5.82 Å². The summed E-state index contributed by atoms with van der Waals surface area (Å²) in [5, 5.41) is 26.6. The molecule has 0 aliphatic carbocycles. The van der Waals surface area contributed by atoms with Crippen LogP contribution >= 0.6 is 0 Å². The highest BCUT2D eigenvalue weighted by molar-refractivity contribution is 5.92. The number of rotatable bonds is 4. The van der Waals surface area contributed by atoms with E-state index in [1.54, 1.807) is 0 Å². The van der Waals surface area contributed by atoms with Crippen molar-refractivity contribution in [2.45, 2.75) is 25.4 Å². The van der Waals surface area contributed by atoms with Crippen molar-refractivity contribution in [3.63, 3.8) is 0 Å². The second kappa shape index (κ2) is 6.29. The van der Waals surface area contributed by atoms with Gasteiger partial charge < -0.3 is 19.7 Å². The molecule has 1 aliphatic heterocycles. The molecule has 0 atom stereocenters. The molecule has 0 bridgehead atoms. The summed E-state index contributed by atoms with van der Waals surface area (Å²) in [6.07, 6.45) is 4.33. The van der Waals surface area contributed by atoms with Crippen LogP contribution in [0.5, 0.6) is 0 Å². The Labute approximate surface area is 132 Å². The molecule has 122 valence electrons. The number of aliphatic hydroxyl groups is 1. The Morgan fingerprint density at radius 3 is 2.70 bits per heavy atom. The Morgan fingerprint density at radius 2 is 2.09 bits per heavy atom. The number of carboxylic acid groups (broad SMARTS) is 1. The first kappa shape index (κ1) is 15.3. The molecule has 3 rings (SSSR count). The predicted octanol–water partition coefficient (Wildman–Crippen LogP) is 0.180. The summed E-state index contributed by atoms with van der Waals surface area (Å²) in [6, 6.07) is 0. The van der Waals surface area contributed by atoms with Gasteiger partial charge in [-0.05, 0) is 12.8 Å². The highest BCUT2D eigenvalue weighted by Gasteiger charge is 2.27.